The van der Waals surface area contributed by atoms with Crippen molar-refractivity contribution in [3.63, 3.8) is 0 Å². The zero-order valence-electron chi connectivity index (χ0n) is 8.56. The van der Waals surface area contributed by atoms with Gasteiger partial charge in [-0.3, -0.25) is 4.98 Å². The first kappa shape index (κ1) is 9.71. The van der Waals surface area contributed by atoms with Crippen molar-refractivity contribution in [1.29, 1.82) is 0 Å². The van der Waals surface area contributed by atoms with Gasteiger partial charge in [0.15, 0.2) is 0 Å². The molecule has 2 nitrogen and oxygen atoms in total. The van der Waals surface area contributed by atoms with Crippen LogP contribution in [-0.2, 0) is 12.8 Å². The van der Waals surface area contributed by atoms with Crippen LogP contribution in [0.1, 0.15) is 11.1 Å². The quantitative estimate of drug-likeness (QED) is 0.822. The second kappa shape index (κ2) is 4.60. The monoisotopic (exact) mass is 198 g/mol. The Kier molecular flexibility index (Phi) is 2.98. The van der Waals surface area contributed by atoms with Gasteiger partial charge in [0.2, 0.25) is 0 Å². The number of aryl methyl sites for hydroxylation is 2. The Morgan fingerprint density at radius 2 is 1.80 bits per heavy atom. The maximum Gasteiger partial charge on any atom is 0.0377 e. The van der Waals surface area contributed by atoms with Gasteiger partial charge in [0.1, 0.15) is 0 Å². The number of hydrogen-bond acceptors (Lipinski definition) is 2. The third-order valence-electron chi connectivity index (χ3n) is 2.47. The predicted octanol–water partition coefficient (Wildman–Crippen LogP) is 2.45. The summed E-state index contributed by atoms with van der Waals surface area (Å²) in [7, 11) is 0. The van der Waals surface area contributed by atoms with Crippen molar-refractivity contribution in [2.45, 2.75) is 12.8 Å². The molecular formula is C13H14N2. The van der Waals surface area contributed by atoms with Gasteiger partial charge >= 0.3 is 0 Å². The van der Waals surface area contributed by atoms with E-state index in [0.717, 1.165) is 24.1 Å². The maximum atomic E-state index is 5.84. The Balaban J connectivity index is 2.03. The van der Waals surface area contributed by atoms with Crippen LogP contribution in [0.15, 0.2) is 48.8 Å². The highest BCUT2D eigenvalue weighted by Crippen LogP contribution is 2.12. The summed E-state index contributed by atoms with van der Waals surface area (Å²) in [6.45, 7) is 0. The van der Waals surface area contributed by atoms with Crippen molar-refractivity contribution < 1.29 is 0 Å². The number of anilines is 1. The fraction of sp³-hybridized carbons (Fsp3) is 0.154. The van der Waals surface area contributed by atoms with Crippen LogP contribution in [0.5, 0.6) is 0 Å². The lowest BCUT2D eigenvalue weighted by atomic mass is 10.1. The molecule has 0 aliphatic rings. The zero-order chi connectivity index (χ0) is 10.5. The number of pyridine rings is 1. The molecule has 0 spiro atoms. The van der Waals surface area contributed by atoms with Crippen LogP contribution in [0.2, 0.25) is 0 Å². The van der Waals surface area contributed by atoms with Gasteiger partial charge < -0.3 is 5.73 Å². The second-order valence-corrected chi connectivity index (χ2v) is 3.56. The summed E-state index contributed by atoms with van der Waals surface area (Å²) < 4.78 is 0. The summed E-state index contributed by atoms with van der Waals surface area (Å²) in [6, 6.07) is 12.3. The molecule has 76 valence electrons. The standard InChI is InChI=1S/C13H14N2/c14-13-8-9-15-10-12(13)7-6-11-4-2-1-3-5-11/h1-5,8-10H,6-7H2,(H2,14,15). The van der Waals surface area contributed by atoms with E-state index >= 15 is 0 Å². The molecule has 0 aliphatic carbocycles. The molecule has 0 amide bonds. The summed E-state index contributed by atoms with van der Waals surface area (Å²) in [6.07, 6.45) is 5.53. The van der Waals surface area contributed by atoms with Gasteiger partial charge in [0.25, 0.3) is 0 Å². The summed E-state index contributed by atoms with van der Waals surface area (Å²) in [5.41, 5.74) is 9.14. The number of benzene rings is 1. The van der Waals surface area contributed by atoms with E-state index in [4.69, 9.17) is 5.73 Å². The molecule has 15 heavy (non-hydrogen) atoms. The molecule has 0 saturated heterocycles. The Hall–Kier alpha value is -1.83. The van der Waals surface area contributed by atoms with E-state index < -0.39 is 0 Å². The molecule has 0 aliphatic heterocycles. The molecule has 2 rings (SSSR count). The topological polar surface area (TPSA) is 38.9 Å². The highest BCUT2D eigenvalue weighted by atomic mass is 14.7. The van der Waals surface area contributed by atoms with Crippen LogP contribution in [-0.4, -0.2) is 4.98 Å². The molecule has 0 fully saturated rings. The van der Waals surface area contributed by atoms with E-state index in [0.29, 0.717) is 0 Å². The molecule has 2 heteroatoms. The average Bonchev–Trinajstić information content (AvgIpc) is 2.29. The predicted molar refractivity (Wildman–Crippen MR) is 62.5 cm³/mol. The Morgan fingerprint density at radius 1 is 1.00 bits per heavy atom. The Morgan fingerprint density at radius 3 is 2.53 bits per heavy atom. The Labute approximate surface area is 89.8 Å². The summed E-state index contributed by atoms with van der Waals surface area (Å²) in [5, 5.41) is 0. The third kappa shape index (κ3) is 2.56. The molecule has 0 bridgehead atoms. The first-order valence-corrected chi connectivity index (χ1v) is 5.08. The number of hydrogen-bond donors (Lipinski definition) is 1. The van der Waals surface area contributed by atoms with E-state index in [1.165, 1.54) is 5.56 Å². The number of nitrogens with two attached hydrogens (primary N) is 1. The molecule has 0 atom stereocenters. The normalized spacial score (nSPS) is 10.1. The van der Waals surface area contributed by atoms with E-state index in [2.05, 4.69) is 29.2 Å². The molecule has 0 saturated carbocycles. The lowest BCUT2D eigenvalue weighted by molar-refractivity contribution is 0.953. The van der Waals surface area contributed by atoms with Crippen molar-refractivity contribution in [3.05, 3.63) is 59.9 Å². The molecular weight excluding hydrogens is 184 g/mol. The van der Waals surface area contributed by atoms with Crippen LogP contribution in [0.4, 0.5) is 5.69 Å². The summed E-state index contributed by atoms with van der Waals surface area (Å²) in [4.78, 5) is 4.08. The van der Waals surface area contributed by atoms with Gasteiger partial charge in [-0.2, -0.15) is 0 Å². The van der Waals surface area contributed by atoms with Crippen molar-refractivity contribution in [2.24, 2.45) is 0 Å². The average molecular weight is 198 g/mol. The van der Waals surface area contributed by atoms with Gasteiger partial charge in [-0.1, -0.05) is 30.3 Å². The zero-order valence-corrected chi connectivity index (χ0v) is 8.56. The van der Waals surface area contributed by atoms with Crippen molar-refractivity contribution >= 4 is 5.69 Å². The Bertz CT molecular complexity index is 424. The molecule has 2 N–H and O–H groups in total. The first-order valence-electron chi connectivity index (χ1n) is 5.08. The van der Waals surface area contributed by atoms with Crippen LogP contribution in [0, 0.1) is 0 Å². The number of aromatic nitrogens is 1. The van der Waals surface area contributed by atoms with Gasteiger partial charge in [-0.05, 0) is 30.0 Å². The lowest BCUT2D eigenvalue weighted by Gasteiger charge is -2.04. The number of nitrogens with zero attached hydrogens (tertiary/aromatic N) is 1. The van der Waals surface area contributed by atoms with E-state index in [-0.39, 0.29) is 0 Å². The van der Waals surface area contributed by atoms with Gasteiger partial charge in [0, 0.05) is 18.1 Å². The molecule has 1 aromatic heterocycles. The summed E-state index contributed by atoms with van der Waals surface area (Å²) >= 11 is 0. The van der Waals surface area contributed by atoms with Gasteiger partial charge in [0.05, 0.1) is 0 Å². The van der Waals surface area contributed by atoms with Crippen molar-refractivity contribution in [2.75, 3.05) is 5.73 Å². The smallest absolute Gasteiger partial charge is 0.0377 e. The number of nitrogen functional groups attached to an aromatic ring is 1. The van der Waals surface area contributed by atoms with Crippen LogP contribution in [0.3, 0.4) is 0 Å². The fourth-order valence-corrected chi connectivity index (χ4v) is 1.57. The summed E-state index contributed by atoms with van der Waals surface area (Å²) in [5.74, 6) is 0. The molecule has 0 radical (unpaired) electrons. The first-order chi connectivity index (χ1) is 7.36. The fourth-order valence-electron chi connectivity index (χ4n) is 1.57. The van der Waals surface area contributed by atoms with Crippen molar-refractivity contribution in [3.8, 4) is 0 Å². The van der Waals surface area contributed by atoms with Crippen molar-refractivity contribution in [1.82, 2.24) is 4.98 Å². The molecule has 1 aromatic carbocycles. The molecule has 2 aromatic rings. The largest absolute Gasteiger partial charge is 0.398 e. The van der Waals surface area contributed by atoms with E-state index in [1.807, 2.05) is 18.3 Å². The minimum atomic E-state index is 0.834. The second-order valence-electron chi connectivity index (χ2n) is 3.56. The van der Waals surface area contributed by atoms with Crippen LogP contribution < -0.4 is 5.73 Å². The maximum absolute atomic E-state index is 5.84. The highest BCUT2D eigenvalue weighted by molar-refractivity contribution is 5.44. The highest BCUT2D eigenvalue weighted by Gasteiger charge is 1.98. The van der Waals surface area contributed by atoms with Crippen LogP contribution in [0.25, 0.3) is 0 Å². The molecule has 0 unspecified atom stereocenters. The van der Waals surface area contributed by atoms with E-state index in [9.17, 15) is 0 Å². The third-order valence-corrected chi connectivity index (χ3v) is 2.47. The van der Waals surface area contributed by atoms with Gasteiger partial charge in [-0.25, -0.2) is 0 Å². The molecule has 1 heterocycles. The van der Waals surface area contributed by atoms with Gasteiger partial charge in [-0.15, -0.1) is 0 Å². The minimum absolute atomic E-state index is 0.834. The lowest BCUT2D eigenvalue weighted by Crippen LogP contribution is -1.97. The van der Waals surface area contributed by atoms with E-state index in [1.54, 1.807) is 6.20 Å². The minimum Gasteiger partial charge on any atom is -0.398 e. The van der Waals surface area contributed by atoms with Crippen LogP contribution >= 0.6 is 0 Å². The SMILES string of the molecule is Nc1ccncc1CCc1ccccc1. The number of rotatable bonds is 3.